The lowest BCUT2D eigenvalue weighted by Gasteiger charge is -2.32. The molecular weight excluding hydrogens is 546 g/mol. The number of ether oxygens (including phenoxy) is 2. The average Bonchev–Trinajstić information content (AvgIpc) is 3.24. The highest BCUT2D eigenvalue weighted by atomic mass is 19.1. The summed E-state index contributed by atoms with van der Waals surface area (Å²) in [6.07, 6.45) is 0.141. The van der Waals surface area contributed by atoms with Gasteiger partial charge in [-0.3, -0.25) is 4.79 Å². The van der Waals surface area contributed by atoms with E-state index in [1.807, 2.05) is 0 Å². The Kier molecular flexibility index (Phi) is 7.24. The van der Waals surface area contributed by atoms with Gasteiger partial charge in [-0.1, -0.05) is 0 Å². The molecule has 0 unspecified atom stereocenters. The van der Waals surface area contributed by atoms with Crippen LogP contribution >= 0.6 is 0 Å². The summed E-state index contributed by atoms with van der Waals surface area (Å²) in [5.74, 6) is -1.63. The lowest BCUT2D eigenvalue weighted by molar-refractivity contribution is -0.0130. The van der Waals surface area contributed by atoms with E-state index < -0.39 is 34.3 Å². The van der Waals surface area contributed by atoms with Crippen molar-refractivity contribution < 1.29 is 33.3 Å². The third-order valence-electron chi connectivity index (χ3n) is 7.63. The normalized spacial score (nSPS) is 20.7. The van der Waals surface area contributed by atoms with Crippen LogP contribution in [0, 0.1) is 18.6 Å². The molecule has 0 saturated carbocycles. The van der Waals surface area contributed by atoms with Crippen LogP contribution in [0.2, 0.25) is 0 Å². The number of carbonyl (C=O) groups excluding carboxylic acids is 1. The Morgan fingerprint density at radius 1 is 1.17 bits per heavy atom. The molecule has 1 amide bonds. The number of benzene rings is 2. The Bertz CT molecular complexity index is 1700. The minimum absolute atomic E-state index is 0.0477. The molecule has 4 aromatic rings. The van der Waals surface area contributed by atoms with Crippen LogP contribution in [-0.2, 0) is 22.4 Å². The van der Waals surface area contributed by atoms with Crippen LogP contribution in [0.15, 0.2) is 42.5 Å². The zero-order chi connectivity index (χ0) is 30.6. The van der Waals surface area contributed by atoms with Gasteiger partial charge >= 0.3 is 0 Å². The zero-order valence-corrected chi connectivity index (χ0v) is 24.0. The Morgan fingerprint density at radius 3 is 2.43 bits per heavy atom. The van der Waals surface area contributed by atoms with Crippen molar-refractivity contribution in [3.8, 4) is 17.0 Å². The molecule has 2 aromatic carbocycles. The Balaban J connectivity index is 1.78. The van der Waals surface area contributed by atoms with E-state index >= 15 is 4.39 Å². The second-order valence-electron chi connectivity index (χ2n) is 11.6. The van der Waals surface area contributed by atoms with Crippen molar-refractivity contribution in [3.05, 3.63) is 82.2 Å². The largest absolute Gasteiger partial charge is 0.494 e. The number of pyridine rings is 1. The van der Waals surface area contributed by atoms with Gasteiger partial charge in [0, 0.05) is 34.9 Å². The van der Waals surface area contributed by atoms with E-state index in [0.29, 0.717) is 33.5 Å². The summed E-state index contributed by atoms with van der Waals surface area (Å²) in [4.78, 5) is 16.8. The number of rotatable bonds is 7. The van der Waals surface area contributed by atoms with E-state index in [0.717, 1.165) is 0 Å². The molecule has 0 spiro atoms. The molecule has 9 nitrogen and oxygen atoms in total. The van der Waals surface area contributed by atoms with E-state index in [9.17, 15) is 19.4 Å². The number of fused-ring (bicyclic) bond motifs is 1. The van der Waals surface area contributed by atoms with Crippen LogP contribution in [0.4, 0.5) is 8.78 Å². The summed E-state index contributed by atoms with van der Waals surface area (Å²) in [5, 5.41) is 31.2. The highest BCUT2D eigenvalue weighted by Crippen LogP contribution is 2.46. The molecule has 42 heavy (non-hydrogen) atoms. The predicted octanol–water partition coefficient (Wildman–Crippen LogP) is 4.22. The Hall–Kier alpha value is -4.06. The third kappa shape index (κ3) is 5.31. The standard InChI is InChI=1S/C31H32F2N4O5/c1-16-21(20-10-18(28(34)38)11-23(41-5)27(20)37-36-16)13-31(14-30(4,40)15-42-31)24-12-22(29(2,3)39)25(33)26(35-24)17-6-8-19(32)9-7-17/h6-12,39-40H,13-15H2,1-5H3,(H2,34,38)/t30-,31-/m1/s1. The Labute approximate surface area is 241 Å². The predicted molar refractivity (Wildman–Crippen MR) is 151 cm³/mol. The van der Waals surface area contributed by atoms with Gasteiger partial charge in [0.25, 0.3) is 0 Å². The van der Waals surface area contributed by atoms with E-state index in [4.69, 9.17) is 15.2 Å². The van der Waals surface area contributed by atoms with Crippen LogP contribution in [0.5, 0.6) is 5.75 Å². The van der Waals surface area contributed by atoms with Crippen LogP contribution in [0.1, 0.15) is 60.1 Å². The topological polar surface area (TPSA) is 141 Å². The van der Waals surface area contributed by atoms with Gasteiger partial charge < -0.3 is 25.4 Å². The molecule has 2 aromatic heterocycles. The molecule has 11 heteroatoms. The van der Waals surface area contributed by atoms with Gasteiger partial charge in [0.05, 0.1) is 36.3 Å². The lowest BCUT2D eigenvalue weighted by Crippen LogP contribution is -2.34. The van der Waals surface area contributed by atoms with Gasteiger partial charge in [0.15, 0.2) is 5.82 Å². The molecule has 1 saturated heterocycles. The fourth-order valence-electron chi connectivity index (χ4n) is 5.51. The second-order valence-corrected chi connectivity index (χ2v) is 11.6. The molecule has 1 fully saturated rings. The van der Waals surface area contributed by atoms with Crippen molar-refractivity contribution in [2.45, 2.75) is 57.3 Å². The number of nitrogens with two attached hydrogens (primary N) is 1. The van der Waals surface area contributed by atoms with Crippen molar-refractivity contribution in [1.82, 2.24) is 15.2 Å². The number of aryl methyl sites for hydroxylation is 1. The van der Waals surface area contributed by atoms with Crippen molar-refractivity contribution >= 4 is 16.8 Å². The summed E-state index contributed by atoms with van der Waals surface area (Å²) in [5.41, 5.74) is 3.50. The molecule has 2 atom stereocenters. The van der Waals surface area contributed by atoms with Gasteiger partial charge in [-0.2, -0.15) is 5.10 Å². The number of primary amides is 1. The van der Waals surface area contributed by atoms with Crippen molar-refractivity contribution in [3.63, 3.8) is 0 Å². The maximum atomic E-state index is 15.9. The fraction of sp³-hybridized carbons (Fsp3) is 0.355. The van der Waals surface area contributed by atoms with Gasteiger partial charge in [0.1, 0.15) is 28.4 Å². The number of hydrogen-bond acceptors (Lipinski definition) is 8. The number of aliphatic hydroxyl groups is 2. The van der Waals surface area contributed by atoms with E-state index in [2.05, 4.69) is 15.2 Å². The monoisotopic (exact) mass is 578 g/mol. The number of halogens is 2. The molecule has 3 heterocycles. The van der Waals surface area contributed by atoms with E-state index in [-0.39, 0.29) is 42.0 Å². The molecule has 0 bridgehead atoms. The number of nitrogens with zero attached hydrogens (tertiary/aromatic N) is 3. The third-order valence-corrected chi connectivity index (χ3v) is 7.63. The fourth-order valence-corrected chi connectivity index (χ4v) is 5.51. The van der Waals surface area contributed by atoms with Crippen LogP contribution in [0.3, 0.4) is 0 Å². The number of aromatic nitrogens is 3. The van der Waals surface area contributed by atoms with E-state index in [1.54, 1.807) is 19.9 Å². The summed E-state index contributed by atoms with van der Waals surface area (Å²) in [6.45, 7) is 6.21. The molecule has 1 aliphatic rings. The molecular formula is C31H32F2N4O5. The smallest absolute Gasteiger partial charge is 0.248 e. The highest BCUT2D eigenvalue weighted by molar-refractivity contribution is 6.00. The van der Waals surface area contributed by atoms with Crippen LogP contribution in [0.25, 0.3) is 22.2 Å². The average molecular weight is 579 g/mol. The van der Waals surface area contributed by atoms with Crippen LogP contribution < -0.4 is 10.5 Å². The minimum atomic E-state index is -1.62. The number of hydrogen-bond donors (Lipinski definition) is 3. The molecule has 4 N–H and O–H groups in total. The minimum Gasteiger partial charge on any atom is -0.494 e. The summed E-state index contributed by atoms with van der Waals surface area (Å²) in [6, 6.07) is 9.71. The number of methoxy groups -OCH3 is 1. The first-order chi connectivity index (χ1) is 19.6. The van der Waals surface area contributed by atoms with Gasteiger partial charge in [-0.25, -0.2) is 13.8 Å². The molecule has 220 valence electrons. The summed E-state index contributed by atoms with van der Waals surface area (Å²) < 4.78 is 41.5. The lowest BCUT2D eigenvalue weighted by atomic mass is 9.81. The molecule has 5 rings (SSSR count). The molecule has 0 aliphatic carbocycles. The Morgan fingerprint density at radius 2 is 1.86 bits per heavy atom. The SMILES string of the molecule is COc1cc(C(N)=O)cc2c(C[C@]3(c4cc(C(C)(C)O)c(F)c(-c5ccc(F)cc5)n4)C[C@@](C)(O)CO3)c(C)nnc12. The van der Waals surface area contributed by atoms with Crippen molar-refractivity contribution in [2.75, 3.05) is 13.7 Å². The summed E-state index contributed by atoms with van der Waals surface area (Å²) >= 11 is 0. The first-order valence-corrected chi connectivity index (χ1v) is 13.3. The molecule has 0 radical (unpaired) electrons. The second kappa shape index (κ2) is 10.3. The maximum Gasteiger partial charge on any atom is 0.248 e. The van der Waals surface area contributed by atoms with Gasteiger partial charge in [0.2, 0.25) is 5.91 Å². The van der Waals surface area contributed by atoms with Gasteiger partial charge in [-0.05, 0) is 75.7 Å². The van der Waals surface area contributed by atoms with Crippen LogP contribution in [-0.4, -0.2) is 50.6 Å². The highest BCUT2D eigenvalue weighted by Gasteiger charge is 2.49. The van der Waals surface area contributed by atoms with Crippen molar-refractivity contribution in [1.29, 1.82) is 0 Å². The quantitative estimate of drug-likeness (QED) is 0.296. The number of carbonyl (C=O) groups is 1. The first-order valence-electron chi connectivity index (χ1n) is 13.3. The first kappa shape index (κ1) is 29.4. The number of amides is 1. The maximum absolute atomic E-state index is 15.9. The summed E-state index contributed by atoms with van der Waals surface area (Å²) in [7, 11) is 1.44. The van der Waals surface area contributed by atoms with E-state index in [1.165, 1.54) is 57.4 Å². The zero-order valence-electron chi connectivity index (χ0n) is 24.0. The van der Waals surface area contributed by atoms with Crippen molar-refractivity contribution in [2.24, 2.45) is 5.73 Å². The molecule has 1 aliphatic heterocycles. The van der Waals surface area contributed by atoms with Gasteiger partial charge in [-0.15, -0.1) is 5.10 Å².